The Morgan fingerprint density at radius 3 is 2.40 bits per heavy atom. The summed E-state index contributed by atoms with van der Waals surface area (Å²) < 4.78 is 0. The van der Waals surface area contributed by atoms with Crippen LogP contribution in [0.5, 0.6) is 0 Å². The highest BCUT2D eigenvalue weighted by Crippen LogP contribution is 2.29. The van der Waals surface area contributed by atoms with Gasteiger partial charge < -0.3 is 10.6 Å². The molecular formula is C17H26N2O. The van der Waals surface area contributed by atoms with E-state index in [1.165, 1.54) is 25.7 Å². The van der Waals surface area contributed by atoms with Crippen LogP contribution in [0.1, 0.15) is 49.4 Å². The van der Waals surface area contributed by atoms with Gasteiger partial charge >= 0.3 is 0 Å². The van der Waals surface area contributed by atoms with Gasteiger partial charge in [0.15, 0.2) is 0 Å². The topological polar surface area (TPSA) is 41.1 Å². The maximum absolute atomic E-state index is 12.0. The van der Waals surface area contributed by atoms with E-state index >= 15 is 0 Å². The highest BCUT2D eigenvalue weighted by atomic mass is 16.1. The Labute approximate surface area is 122 Å². The molecule has 2 rings (SSSR count). The molecule has 1 aliphatic carbocycles. The summed E-state index contributed by atoms with van der Waals surface area (Å²) in [6.07, 6.45) is 6.48. The lowest BCUT2D eigenvalue weighted by Gasteiger charge is -2.26. The van der Waals surface area contributed by atoms with Crippen LogP contribution in [0.15, 0.2) is 24.3 Å². The van der Waals surface area contributed by atoms with Crippen LogP contribution in [-0.2, 0) is 0 Å². The van der Waals surface area contributed by atoms with Crippen molar-refractivity contribution in [3.05, 3.63) is 29.8 Å². The summed E-state index contributed by atoms with van der Waals surface area (Å²) in [6, 6.07) is 7.59. The van der Waals surface area contributed by atoms with Gasteiger partial charge in [0.2, 0.25) is 0 Å². The lowest BCUT2D eigenvalue weighted by molar-refractivity contribution is 0.0949. The zero-order valence-corrected chi connectivity index (χ0v) is 12.6. The zero-order chi connectivity index (χ0) is 14.4. The SMILES string of the molecule is CNc1ccc(C(=O)NCCC2CCC(C)CC2)cc1. The highest BCUT2D eigenvalue weighted by molar-refractivity contribution is 5.94. The molecule has 1 aliphatic rings. The normalized spacial score (nSPS) is 22.3. The molecule has 0 unspecified atom stereocenters. The molecule has 20 heavy (non-hydrogen) atoms. The first-order valence-electron chi connectivity index (χ1n) is 7.75. The largest absolute Gasteiger partial charge is 0.388 e. The van der Waals surface area contributed by atoms with Crippen LogP contribution >= 0.6 is 0 Å². The van der Waals surface area contributed by atoms with Crippen LogP contribution in [-0.4, -0.2) is 19.5 Å². The smallest absolute Gasteiger partial charge is 0.251 e. The van der Waals surface area contributed by atoms with Gasteiger partial charge in [-0.25, -0.2) is 0 Å². The number of hydrogen-bond donors (Lipinski definition) is 2. The van der Waals surface area contributed by atoms with E-state index in [2.05, 4.69) is 17.6 Å². The molecule has 0 atom stereocenters. The van der Waals surface area contributed by atoms with Crippen LogP contribution < -0.4 is 10.6 Å². The number of benzene rings is 1. The van der Waals surface area contributed by atoms with Gasteiger partial charge in [-0.05, 0) is 42.5 Å². The molecule has 1 aromatic rings. The summed E-state index contributed by atoms with van der Waals surface area (Å²) >= 11 is 0. The third-order valence-corrected chi connectivity index (χ3v) is 4.41. The molecule has 0 radical (unpaired) electrons. The van der Waals surface area contributed by atoms with Gasteiger partial charge in [0.1, 0.15) is 0 Å². The zero-order valence-electron chi connectivity index (χ0n) is 12.6. The fourth-order valence-electron chi connectivity index (χ4n) is 2.90. The van der Waals surface area contributed by atoms with Crippen LogP contribution in [0.4, 0.5) is 5.69 Å². The van der Waals surface area contributed by atoms with Crippen molar-refractivity contribution < 1.29 is 4.79 Å². The van der Waals surface area contributed by atoms with Crippen molar-refractivity contribution in [3.63, 3.8) is 0 Å². The second kappa shape index (κ2) is 7.32. The third-order valence-electron chi connectivity index (χ3n) is 4.41. The molecule has 0 saturated heterocycles. The second-order valence-corrected chi connectivity index (χ2v) is 6.00. The van der Waals surface area contributed by atoms with Gasteiger partial charge in [0.25, 0.3) is 5.91 Å². The van der Waals surface area contributed by atoms with Gasteiger partial charge in [-0.15, -0.1) is 0 Å². The van der Waals surface area contributed by atoms with E-state index in [0.29, 0.717) is 0 Å². The number of carbonyl (C=O) groups is 1. The fourth-order valence-corrected chi connectivity index (χ4v) is 2.90. The Bertz CT molecular complexity index is 419. The number of nitrogens with one attached hydrogen (secondary N) is 2. The van der Waals surface area contributed by atoms with E-state index in [9.17, 15) is 4.79 Å². The van der Waals surface area contributed by atoms with E-state index < -0.39 is 0 Å². The molecular weight excluding hydrogens is 248 g/mol. The standard InChI is InChI=1S/C17H26N2O/c1-13-3-5-14(6-4-13)11-12-19-17(20)15-7-9-16(18-2)10-8-15/h7-10,13-14,18H,3-6,11-12H2,1-2H3,(H,19,20). The average molecular weight is 274 g/mol. The van der Waals surface area contributed by atoms with Crippen LogP contribution in [0, 0.1) is 11.8 Å². The molecule has 2 N–H and O–H groups in total. The maximum Gasteiger partial charge on any atom is 0.251 e. The van der Waals surface area contributed by atoms with Crippen molar-refractivity contribution in [2.45, 2.75) is 39.0 Å². The van der Waals surface area contributed by atoms with Gasteiger partial charge in [0.05, 0.1) is 0 Å². The lowest BCUT2D eigenvalue weighted by Crippen LogP contribution is -2.26. The Balaban J connectivity index is 1.71. The summed E-state index contributed by atoms with van der Waals surface area (Å²) in [5, 5.41) is 6.09. The summed E-state index contributed by atoms with van der Waals surface area (Å²) in [4.78, 5) is 12.0. The average Bonchev–Trinajstić information content (AvgIpc) is 2.49. The summed E-state index contributed by atoms with van der Waals surface area (Å²) in [5.41, 5.74) is 1.76. The van der Waals surface area contributed by atoms with Gasteiger partial charge in [-0.2, -0.15) is 0 Å². The molecule has 3 nitrogen and oxygen atoms in total. The maximum atomic E-state index is 12.0. The summed E-state index contributed by atoms with van der Waals surface area (Å²) in [6.45, 7) is 3.14. The Kier molecular flexibility index (Phi) is 5.45. The lowest BCUT2D eigenvalue weighted by atomic mass is 9.81. The third kappa shape index (κ3) is 4.26. The molecule has 1 fully saturated rings. The Hall–Kier alpha value is -1.51. The minimum Gasteiger partial charge on any atom is -0.388 e. The number of rotatable bonds is 5. The van der Waals surface area contributed by atoms with Crippen molar-refractivity contribution in [2.24, 2.45) is 11.8 Å². The van der Waals surface area contributed by atoms with Crippen molar-refractivity contribution in [2.75, 3.05) is 18.9 Å². The molecule has 1 saturated carbocycles. The van der Waals surface area contributed by atoms with E-state index in [4.69, 9.17) is 0 Å². The van der Waals surface area contributed by atoms with Gasteiger partial charge in [-0.1, -0.05) is 32.6 Å². The van der Waals surface area contributed by atoms with Crippen molar-refractivity contribution in [1.29, 1.82) is 0 Å². The predicted octanol–water partition coefficient (Wildman–Crippen LogP) is 3.67. The molecule has 0 heterocycles. The molecule has 1 aromatic carbocycles. The Morgan fingerprint density at radius 2 is 1.80 bits per heavy atom. The summed E-state index contributed by atoms with van der Waals surface area (Å²) in [7, 11) is 1.88. The minimum absolute atomic E-state index is 0.0387. The van der Waals surface area contributed by atoms with Crippen molar-refractivity contribution in [1.82, 2.24) is 5.32 Å². The molecule has 3 heteroatoms. The van der Waals surface area contributed by atoms with Crippen molar-refractivity contribution in [3.8, 4) is 0 Å². The highest BCUT2D eigenvalue weighted by Gasteiger charge is 2.18. The van der Waals surface area contributed by atoms with Gasteiger partial charge in [-0.3, -0.25) is 4.79 Å². The molecule has 110 valence electrons. The monoisotopic (exact) mass is 274 g/mol. The quantitative estimate of drug-likeness (QED) is 0.860. The first kappa shape index (κ1) is 14.9. The van der Waals surface area contributed by atoms with E-state index in [1.807, 2.05) is 31.3 Å². The molecule has 1 amide bonds. The first-order chi connectivity index (χ1) is 9.69. The predicted molar refractivity (Wildman–Crippen MR) is 84.1 cm³/mol. The minimum atomic E-state index is 0.0387. The second-order valence-electron chi connectivity index (χ2n) is 6.00. The van der Waals surface area contributed by atoms with Gasteiger partial charge in [0, 0.05) is 24.8 Å². The number of anilines is 1. The fraction of sp³-hybridized carbons (Fsp3) is 0.588. The number of hydrogen-bond acceptors (Lipinski definition) is 2. The van der Waals surface area contributed by atoms with Crippen molar-refractivity contribution >= 4 is 11.6 Å². The molecule has 0 aliphatic heterocycles. The first-order valence-corrected chi connectivity index (χ1v) is 7.75. The summed E-state index contributed by atoms with van der Waals surface area (Å²) in [5.74, 6) is 1.74. The van der Waals surface area contributed by atoms with E-state index in [1.54, 1.807) is 0 Å². The Morgan fingerprint density at radius 1 is 1.15 bits per heavy atom. The van der Waals surface area contributed by atoms with Crippen LogP contribution in [0.3, 0.4) is 0 Å². The van der Waals surface area contributed by atoms with E-state index in [0.717, 1.165) is 36.1 Å². The van der Waals surface area contributed by atoms with Crippen LogP contribution in [0.2, 0.25) is 0 Å². The molecule has 0 bridgehead atoms. The number of carbonyl (C=O) groups excluding carboxylic acids is 1. The van der Waals surface area contributed by atoms with Crippen LogP contribution in [0.25, 0.3) is 0 Å². The molecule has 0 aromatic heterocycles. The number of amides is 1. The molecule has 0 spiro atoms. The van der Waals surface area contributed by atoms with E-state index in [-0.39, 0.29) is 5.91 Å².